The van der Waals surface area contributed by atoms with Crippen LogP contribution in [0, 0.1) is 23.3 Å². The number of halogens is 4. The van der Waals surface area contributed by atoms with Gasteiger partial charge < -0.3 is 14.2 Å². The van der Waals surface area contributed by atoms with E-state index >= 15 is 0 Å². The van der Waals surface area contributed by atoms with E-state index in [0.717, 1.165) is 25.7 Å². The Balaban J connectivity index is 1.81. The molecule has 11 heteroatoms. The smallest absolute Gasteiger partial charge is 0.300 e. The van der Waals surface area contributed by atoms with Gasteiger partial charge in [0.05, 0.1) is 13.7 Å². The summed E-state index contributed by atoms with van der Waals surface area (Å²) in [6.45, 7) is 2.59. The fourth-order valence-electron chi connectivity index (χ4n) is 4.32. The minimum absolute atomic E-state index is 0.185. The highest BCUT2D eigenvalue weighted by atomic mass is 32.2. The van der Waals surface area contributed by atoms with Gasteiger partial charge in [-0.15, -0.1) is 0 Å². The van der Waals surface area contributed by atoms with E-state index in [1.54, 1.807) is 0 Å². The van der Waals surface area contributed by atoms with Gasteiger partial charge in [0, 0.05) is 18.2 Å². The Morgan fingerprint density at radius 1 is 0.650 bits per heavy atom. The van der Waals surface area contributed by atoms with Gasteiger partial charge >= 0.3 is 10.1 Å². The van der Waals surface area contributed by atoms with Crippen LogP contribution < -0.4 is 14.2 Å². The molecule has 0 radical (unpaired) electrons. The summed E-state index contributed by atoms with van der Waals surface area (Å²) < 4.78 is 104. The van der Waals surface area contributed by atoms with Crippen LogP contribution in [0.25, 0.3) is 0 Å². The number of hydrogen-bond acceptors (Lipinski definition) is 5. The van der Waals surface area contributed by atoms with E-state index < -0.39 is 44.0 Å². The zero-order valence-electron chi connectivity index (χ0n) is 23.2. The maximum Gasteiger partial charge on any atom is 0.300 e. The van der Waals surface area contributed by atoms with Crippen LogP contribution in [0.2, 0.25) is 0 Å². The Morgan fingerprint density at radius 2 is 1.07 bits per heavy atom. The maximum atomic E-state index is 14.4. The molecule has 2 aromatic carbocycles. The van der Waals surface area contributed by atoms with Crippen LogP contribution in [0.5, 0.6) is 23.0 Å². The second kappa shape index (κ2) is 17.3. The Hall–Kier alpha value is -2.53. The second-order valence-electron chi connectivity index (χ2n) is 9.78. The van der Waals surface area contributed by atoms with Crippen molar-refractivity contribution >= 4 is 10.1 Å². The van der Waals surface area contributed by atoms with Gasteiger partial charge in [-0.3, -0.25) is 4.55 Å². The Labute approximate surface area is 234 Å². The van der Waals surface area contributed by atoms with E-state index in [2.05, 4.69) is 6.92 Å². The fourth-order valence-corrected chi connectivity index (χ4v) is 4.95. The third-order valence-electron chi connectivity index (χ3n) is 6.52. The summed E-state index contributed by atoms with van der Waals surface area (Å²) in [4.78, 5) is -2.14. The molecule has 0 aliphatic rings. The predicted molar refractivity (Wildman–Crippen MR) is 145 cm³/mol. The molecule has 2 aromatic rings. The van der Waals surface area contributed by atoms with Crippen LogP contribution >= 0.6 is 0 Å². The standard InChI is InChI=1S/C29H40F4O6S/c1-3-4-5-6-7-8-9-10-11-12-13-14-15-16-17-38-22-18-21(37-2)19-23(20-22)39-28-24(30)26(32)29(40(34,35)36)27(33)25(28)31/h18-20H,3-17H2,1-2H3,(H,34,35,36). The SMILES string of the molecule is CCCCCCCCCCCCCCCCOc1cc(OC)cc(Oc2c(F)c(F)c(S(=O)(=O)O)c(F)c2F)c1. The molecular weight excluding hydrogens is 552 g/mol. The van der Waals surface area contributed by atoms with E-state index in [4.69, 9.17) is 18.8 Å². The topological polar surface area (TPSA) is 82.1 Å². The summed E-state index contributed by atoms with van der Waals surface area (Å²) in [7, 11) is -4.24. The van der Waals surface area contributed by atoms with Crippen molar-refractivity contribution in [1.82, 2.24) is 0 Å². The van der Waals surface area contributed by atoms with Crippen molar-refractivity contribution < 1.29 is 44.7 Å². The second-order valence-corrected chi connectivity index (χ2v) is 11.1. The molecule has 6 nitrogen and oxygen atoms in total. The third-order valence-corrected chi connectivity index (χ3v) is 7.39. The Morgan fingerprint density at radius 3 is 1.52 bits per heavy atom. The molecule has 0 saturated carbocycles. The van der Waals surface area contributed by atoms with Gasteiger partial charge in [-0.25, -0.2) is 8.78 Å². The summed E-state index contributed by atoms with van der Waals surface area (Å²) >= 11 is 0. The van der Waals surface area contributed by atoms with Crippen LogP contribution in [-0.2, 0) is 10.1 Å². The van der Waals surface area contributed by atoms with E-state index in [9.17, 15) is 26.0 Å². The van der Waals surface area contributed by atoms with E-state index in [1.807, 2.05) is 0 Å². The Bertz CT molecular complexity index is 1140. The monoisotopic (exact) mass is 592 g/mol. The molecule has 40 heavy (non-hydrogen) atoms. The van der Waals surface area contributed by atoms with Crippen molar-refractivity contribution in [2.45, 2.75) is 102 Å². The molecule has 0 amide bonds. The fraction of sp³-hybridized carbons (Fsp3) is 0.586. The Kier molecular flexibility index (Phi) is 14.6. The van der Waals surface area contributed by atoms with Crippen molar-refractivity contribution in [3.8, 4) is 23.0 Å². The molecular formula is C29H40F4O6S. The first-order chi connectivity index (χ1) is 19.1. The average molecular weight is 593 g/mol. The number of ether oxygens (including phenoxy) is 3. The van der Waals surface area contributed by atoms with Gasteiger partial charge in [-0.2, -0.15) is 17.2 Å². The molecule has 0 spiro atoms. The van der Waals surface area contributed by atoms with Gasteiger partial charge in [-0.05, 0) is 6.42 Å². The number of unbranched alkanes of at least 4 members (excludes halogenated alkanes) is 13. The largest absolute Gasteiger partial charge is 0.496 e. The molecule has 1 N–H and O–H groups in total. The third kappa shape index (κ3) is 10.8. The number of benzene rings is 2. The molecule has 0 aromatic heterocycles. The first kappa shape index (κ1) is 33.7. The molecule has 0 atom stereocenters. The van der Waals surface area contributed by atoms with Crippen molar-refractivity contribution in [1.29, 1.82) is 0 Å². The van der Waals surface area contributed by atoms with Gasteiger partial charge in [0.2, 0.25) is 17.4 Å². The molecule has 0 aliphatic carbocycles. The van der Waals surface area contributed by atoms with Crippen LogP contribution in [0.1, 0.15) is 96.8 Å². The van der Waals surface area contributed by atoms with Crippen molar-refractivity contribution in [2.24, 2.45) is 0 Å². The van der Waals surface area contributed by atoms with Crippen molar-refractivity contribution in [2.75, 3.05) is 13.7 Å². The molecule has 0 bridgehead atoms. The van der Waals surface area contributed by atoms with Crippen molar-refractivity contribution in [3.05, 3.63) is 41.5 Å². The van der Waals surface area contributed by atoms with Gasteiger partial charge in [-0.1, -0.05) is 90.4 Å². The molecule has 0 unspecified atom stereocenters. The quantitative estimate of drug-likeness (QED) is 0.0715. The van der Waals surface area contributed by atoms with Gasteiger partial charge in [0.15, 0.2) is 16.5 Å². The van der Waals surface area contributed by atoms with Crippen LogP contribution in [0.15, 0.2) is 23.1 Å². The molecule has 0 saturated heterocycles. The maximum absolute atomic E-state index is 14.4. The summed E-state index contributed by atoms with van der Waals surface area (Å²) in [6, 6.07) is 3.95. The molecule has 0 fully saturated rings. The van der Waals surface area contributed by atoms with Crippen LogP contribution in [0.3, 0.4) is 0 Å². The summed E-state index contributed by atoms with van der Waals surface area (Å²) in [5, 5.41) is 0. The number of hydrogen-bond donors (Lipinski definition) is 1. The lowest BCUT2D eigenvalue weighted by Crippen LogP contribution is -2.11. The van der Waals surface area contributed by atoms with E-state index in [1.165, 1.54) is 89.5 Å². The van der Waals surface area contributed by atoms with Gasteiger partial charge in [0.25, 0.3) is 0 Å². The lowest BCUT2D eigenvalue weighted by molar-refractivity contribution is 0.299. The minimum Gasteiger partial charge on any atom is -0.496 e. The number of methoxy groups -OCH3 is 1. The highest BCUT2D eigenvalue weighted by Crippen LogP contribution is 2.37. The average Bonchev–Trinajstić information content (AvgIpc) is 2.91. The molecule has 0 heterocycles. The van der Waals surface area contributed by atoms with E-state index in [-0.39, 0.29) is 17.2 Å². The normalized spacial score (nSPS) is 11.6. The summed E-state index contributed by atoms with van der Waals surface area (Å²) in [6.07, 6.45) is 17.1. The minimum atomic E-state index is -5.57. The van der Waals surface area contributed by atoms with Crippen molar-refractivity contribution in [3.63, 3.8) is 0 Å². The summed E-state index contributed by atoms with van der Waals surface area (Å²) in [5.41, 5.74) is 0. The first-order valence-corrected chi connectivity index (χ1v) is 15.4. The zero-order chi connectivity index (χ0) is 29.5. The molecule has 226 valence electrons. The zero-order valence-corrected chi connectivity index (χ0v) is 24.1. The van der Waals surface area contributed by atoms with Crippen LogP contribution in [0.4, 0.5) is 17.6 Å². The lowest BCUT2D eigenvalue weighted by atomic mass is 10.0. The van der Waals surface area contributed by atoms with Gasteiger partial charge in [0.1, 0.15) is 17.2 Å². The highest BCUT2D eigenvalue weighted by molar-refractivity contribution is 7.85. The lowest BCUT2D eigenvalue weighted by Gasteiger charge is -2.14. The molecule has 0 aliphatic heterocycles. The first-order valence-electron chi connectivity index (χ1n) is 13.9. The number of rotatable bonds is 20. The van der Waals surface area contributed by atoms with Crippen LogP contribution in [-0.4, -0.2) is 26.7 Å². The predicted octanol–water partition coefficient (Wildman–Crippen LogP) is 9.15. The summed E-state index contributed by atoms with van der Waals surface area (Å²) in [5.74, 6) is -10.2. The van der Waals surface area contributed by atoms with E-state index in [0.29, 0.717) is 6.61 Å². The molecule has 2 rings (SSSR count). The highest BCUT2D eigenvalue weighted by Gasteiger charge is 2.33.